The van der Waals surface area contributed by atoms with Gasteiger partial charge in [-0.2, -0.15) is 0 Å². The number of carbonyl (C=O) groups is 2. The van der Waals surface area contributed by atoms with Crippen LogP contribution < -0.4 is 16.1 Å². The molecule has 0 spiro atoms. The average molecular weight is 582 g/mol. The minimum absolute atomic E-state index is 0.0833. The summed E-state index contributed by atoms with van der Waals surface area (Å²) in [6, 6.07) is 20.4. The summed E-state index contributed by atoms with van der Waals surface area (Å²) in [5.41, 5.74) is 1.92. The molecule has 4 saturated carbocycles. The van der Waals surface area contributed by atoms with Gasteiger partial charge in [-0.05, 0) is 97.9 Å². The summed E-state index contributed by atoms with van der Waals surface area (Å²) in [5.74, 6) is 0.694. The Bertz CT molecular complexity index is 1720. The van der Waals surface area contributed by atoms with E-state index in [0.29, 0.717) is 50.4 Å². The van der Waals surface area contributed by atoms with Crippen molar-refractivity contribution in [2.75, 3.05) is 0 Å². The van der Waals surface area contributed by atoms with Crippen LogP contribution in [0.5, 0.6) is 0 Å². The van der Waals surface area contributed by atoms with Crippen molar-refractivity contribution in [1.82, 2.24) is 15.6 Å². The molecule has 3 aromatic carbocycles. The lowest BCUT2D eigenvalue weighted by Crippen LogP contribution is -2.61. The molecule has 1 aromatic heterocycles. The second-order valence-corrected chi connectivity index (χ2v) is 12.8. The Labute approximate surface area is 248 Å². The van der Waals surface area contributed by atoms with Crippen LogP contribution in [-0.4, -0.2) is 33.5 Å². The van der Waals surface area contributed by atoms with E-state index in [0.717, 1.165) is 37.7 Å². The second-order valence-electron chi connectivity index (χ2n) is 12.4. The highest BCUT2D eigenvalue weighted by Gasteiger charge is 2.55. The van der Waals surface area contributed by atoms with Gasteiger partial charge >= 0.3 is 0 Å². The summed E-state index contributed by atoms with van der Waals surface area (Å²) >= 11 is 6.11. The van der Waals surface area contributed by atoms with Crippen LogP contribution in [0.4, 0.5) is 0 Å². The summed E-state index contributed by atoms with van der Waals surface area (Å²) in [6.45, 7) is 0. The lowest BCUT2D eigenvalue weighted by atomic mass is 9.52. The molecule has 0 saturated heterocycles. The average Bonchev–Trinajstić information content (AvgIpc) is 2.97. The Balaban J connectivity index is 1.10. The molecule has 0 radical (unpaired) electrons. The monoisotopic (exact) mass is 581 g/mol. The van der Waals surface area contributed by atoms with E-state index in [1.54, 1.807) is 48.7 Å². The Morgan fingerprint density at radius 2 is 1.57 bits per heavy atom. The first-order valence-electron chi connectivity index (χ1n) is 14.6. The Hall–Kier alpha value is -3.94. The largest absolute Gasteiger partial charge is 0.390 e. The first kappa shape index (κ1) is 26.9. The molecule has 42 heavy (non-hydrogen) atoms. The minimum atomic E-state index is -0.697. The molecule has 0 aliphatic heterocycles. The molecule has 4 N–H and O–H groups in total. The molecule has 4 aromatic rings. The molecule has 3 atom stereocenters. The molecule has 2 amide bonds. The fourth-order valence-electron chi connectivity index (χ4n) is 7.85. The molecule has 8 rings (SSSR count). The number of hydrogen-bond donors (Lipinski definition) is 4. The van der Waals surface area contributed by atoms with Gasteiger partial charge in [0.25, 0.3) is 11.8 Å². The van der Waals surface area contributed by atoms with E-state index < -0.39 is 11.6 Å². The Kier molecular flexibility index (Phi) is 6.67. The summed E-state index contributed by atoms with van der Waals surface area (Å²) in [7, 11) is 0. The standard InChI is InChI=1S/C34H32ClN3O4/c35-25-10-11-26-28(14-25)36-18-27(31(26)39)30(20-4-2-1-3-5-20)38-33(41)22-8-6-21(7-9-22)32(40)37-29-23-12-19-13-24(29)17-34(42,15-19)16-23/h1-11,14,18-19,23-24,29-30,42H,12-13,15-17H2,(H,36,39)(H,37,40)(H,38,41). The van der Waals surface area contributed by atoms with Crippen molar-refractivity contribution in [3.8, 4) is 0 Å². The van der Waals surface area contributed by atoms with Crippen LogP contribution in [0.1, 0.15) is 70.0 Å². The lowest BCUT2D eigenvalue weighted by molar-refractivity contribution is -0.136. The second kappa shape index (κ2) is 10.4. The topological polar surface area (TPSA) is 111 Å². The number of hydrogen-bond acceptors (Lipinski definition) is 4. The number of halogens is 1. The number of benzene rings is 3. The number of amides is 2. The first-order chi connectivity index (χ1) is 20.3. The number of H-pyrrole nitrogens is 1. The van der Waals surface area contributed by atoms with Gasteiger partial charge in [0.2, 0.25) is 0 Å². The van der Waals surface area contributed by atoms with Gasteiger partial charge in [-0.3, -0.25) is 14.4 Å². The molecule has 7 nitrogen and oxygen atoms in total. The van der Waals surface area contributed by atoms with Crippen LogP contribution in [0.2, 0.25) is 5.02 Å². The number of pyridine rings is 1. The molecule has 4 aliphatic rings. The van der Waals surface area contributed by atoms with Crippen LogP contribution in [0.15, 0.2) is 83.8 Å². The number of fused-ring (bicyclic) bond motifs is 1. The molecule has 4 aliphatic carbocycles. The first-order valence-corrected chi connectivity index (χ1v) is 14.9. The van der Waals surface area contributed by atoms with Crippen LogP contribution in [-0.2, 0) is 0 Å². The summed E-state index contributed by atoms with van der Waals surface area (Å²) < 4.78 is 0. The number of carbonyl (C=O) groups excluding carboxylic acids is 2. The molecular weight excluding hydrogens is 550 g/mol. The van der Waals surface area contributed by atoms with Gasteiger partial charge in [-0.1, -0.05) is 41.9 Å². The van der Waals surface area contributed by atoms with Crippen molar-refractivity contribution in [2.45, 2.75) is 49.8 Å². The van der Waals surface area contributed by atoms with E-state index in [2.05, 4.69) is 15.6 Å². The number of aliphatic hydroxyl groups is 1. The molecule has 1 heterocycles. The Morgan fingerprint density at radius 1 is 0.905 bits per heavy atom. The van der Waals surface area contributed by atoms with E-state index in [1.807, 2.05) is 30.3 Å². The van der Waals surface area contributed by atoms with Crippen molar-refractivity contribution in [1.29, 1.82) is 0 Å². The molecule has 3 unspecified atom stereocenters. The summed E-state index contributed by atoms with van der Waals surface area (Å²) in [5, 5.41) is 18.1. The lowest BCUT2D eigenvalue weighted by Gasteiger charge is -2.58. The fourth-order valence-corrected chi connectivity index (χ4v) is 8.02. The highest BCUT2D eigenvalue weighted by atomic mass is 35.5. The SMILES string of the molecule is O=C(NC(c1ccccc1)c1c[nH]c2cc(Cl)ccc2c1=O)c1ccc(C(=O)NC2C3CC4CC2CC(O)(C4)C3)cc1. The minimum Gasteiger partial charge on any atom is -0.390 e. The highest BCUT2D eigenvalue weighted by molar-refractivity contribution is 6.31. The van der Waals surface area contributed by atoms with Gasteiger partial charge in [0.15, 0.2) is 5.43 Å². The van der Waals surface area contributed by atoms with Crippen LogP contribution in [0.25, 0.3) is 10.9 Å². The zero-order chi connectivity index (χ0) is 29.0. The zero-order valence-corrected chi connectivity index (χ0v) is 23.7. The van der Waals surface area contributed by atoms with Crippen LogP contribution in [0, 0.1) is 17.8 Å². The van der Waals surface area contributed by atoms with E-state index >= 15 is 0 Å². The zero-order valence-electron chi connectivity index (χ0n) is 23.0. The van der Waals surface area contributed by atoms with Gasteiger partial charge in [-0.15, -0.1) is 0 Å². The third kappa shape index (κ3) is 4.91. The van der Waals surface area contributed by atoms with Gasteiger partial charge < -0.3 is 20.7 Å². The third-order valence-corrected chi connectivity index (χ3v) is 9.77. The van der Waals surface area contributed by atoms with E-state index in [1.165, 1.54) is 0 Å². The van der Waals surface area contributed by atoms with Gasteiger partial charge in [0.1, 0.15) is 0 Å². The predicted octanol–water partition coefficient (Wildman–Crippen LogP) is 5.37. The van der Waals surface area contributed by atoms with Crippen molar-refractivity contribution < 1.29 is 14.7 Å². The molecule has 4 fully saturated rings. The molecule has 8 heteroatoms. The van der Waals surface area contributed by atoms with Crippen molar-refractivity contribution in [3.05, 3.63) is 116 Å². The van der Waals surface area contributed by atoms with Gasteiger partial charge in [-0.25, -0.2) is 0 Å². The number of aromatic amines is 1. The molecule has 214 valence electrons. The molecular formula is C34H32ClN3O4. The number of nitrogens with one attached hydrogen (secondary N) is 3. The maximum absolute atomic E-state index is 13.5. The summed E-state index contributed by atoms with van der Waals surface area (Å²) in [6.07, 6.45) is 6.19. The van der Waals surface area contributed by atoms with Crippen LogP contribution in [0.3, 0.4) is 0 Å². The third-order valence-electron chi connectivity index (χ3n) is 9.54. The van der Waals surface area contributed by atoms with E-state index in [4.69, 9.17) is 11.6 Å². The smallest absolute Gasteiger partial charge is 0.252 e. The number of rotatable bonds is 6. The highest BCUT2D eigenvalue weighted by Crippen LogP contribution is 2.55. The van der Waals surface area contributed by atoms with Gasteiger partial charge in [0, 0.05) is 39.3 Å². The van der Waals surface area contributed by atoms with Gasteiger partial charge in [0.05, 0.1) is 17.2 Å². The summed E-state index contributed by atoms with van der Waals surface area (Å²) in [4.78, 5) is 43.3. The fraction of sp³-hybridized carbons (Fsp3) is 0.324. The normalized spacial score (nSPS) is 26.6. The quantitative estimate of drug-likeness (QED) is 0.245. The van der Waals surface area contributed by atoms with Crippen molar-refractivity contribution >= 4 is 34.3 Å². The maximum Gasteiger partial charge on any atom is 0.252 e. The maximum atomic E-state index is 13.5. The van der Waals surface area contributed by atoms with Crippen molar-refractivity contribution in [2.24, 2.45) is 17.8 Å². The Morgan fingerprint density at radius 3 is 2.24 bits per heavy atom. The molecule has 4 bridgehead atoms. The van der Waals surface area contributed by atoms with Crippen molar-refractivity contribution in [3.63, 3.8) is 0 Å². The van der Waals surface area contributed by atoms with E-state index in [-0.39, 0.29) is 23.3 Å². The van der Waals surface area contributed by atoms with Crippen LogP contribution >= 0.6 is 11.6 Å². The predicted molar refractivity (Wildman–Crippen MR) is 162 cm³/mol. The number of aromatic nitrogens is 1. The van der Waals surface area contributed by atoms with E-state index in [9.17, 15) is 19.5 Å².